The van der Waals surface area contributed by atoms with Crippen LogP contribution >= 0.6 is 0 Å². The first kappa shape index (κ1) is 22.3. The van der Waals surface area contributed by atoms with E-state index in [0.29, 0.717) is 37.4 Å². The molecule has 1 aliphatic rings. The molecule has 0 aliphatic carbocycles. The molecule has 0 radical (unpaired) electrons. The van der Waals surface area contributed by atoms with Crippen molar-refractivity contribution in [1.29, 1.82) is 0 Å². The van der Waals surface area contributed by atoms with Crippen molar-refractivity contribution in [1.82, 2.24) is 14.5 Å². The zero-order chi connectivity index (χ0) is 23.4. The van der Waals surface area contributed by atoms with E-state index >= 15 is 0 Å². The summed E-state index contributed by atoms with van der Waals surface area (Å²) in [6.45, 7) is 5.37. The number of ketones is 1. The third-order valence-electron chi connectivity index (χ3n) is 5.73. The number of aliphatic hydroxyl groups is 1. The molecule has 1 atom stereocenters. The van der Waals surface area contributed by atoms with Crippen molar-refractivity contribution in [3.05, 3.63) is 89.5 Å². The first-order chi connectivity index (χ1) is 16.0. The zero-order valence-electron chi connectivity index (χ0n) is 18.8. The molecule has 0 saturated carbocycles. The number of Topliss-reactive ketones (excluding diaryl/α,β-unsaturated/α-hetero) is 1. The second-order valence-electron chi connectivity index (χ2n) is 8.02. The van der Waals surface area contributed by atoms with Crippen LogP contribution in [0.3, 0.4) is 0 Å². The van der Waals surface area contributed by atoms with Gasteiger partial charge in [-0.15, -0.1) is 0 Å². The second kappa shape index (κ2) is 9.73. The van der Waals surface area contributed by atoms with Crippen LogP contribution in [0, 0.1) is 6.92 Å². The van der Waals surface area contributed by atoms with Gasteiger partial charge in [0.15, 0.2) is 0 Å². The fourth-order valence-corrected chi connectivity index (χ4v) is 4.10. The lowest BCUT2D eigenvalue weighted by Crippen LogP contribution is -2.31. The van der Waals surface area contributed by atoms with Crippen LogP contribution in [0.15, 0.2) is 72.8 Å². The van der Waals surface area contributed by atoms with Crippen LogP contribution in [0.1, 0.15) is 36.1 Å². The highest BCUT2D eigenvalue weighted by molar-refractivity contribution is 6.46. The minimum atomic E-state index is -0.678. The summed E-state index contributed by atoms with van der Waals surface area (Å²) >= 11 is 0. The summed E-state index contributed by atoms with van der Waals surface area (Å²) in [5.74, 6) is -0.892. The molecule has 4 rings (SSSR count). The fraction of sp³-hybridized carbons (Fsp3) is 0.269. The van der Waals surface area contributed by atoms with Gasteiger partial charge in [0.2, 0.25) is 0 Å². The van der Waals surface area contributed by atoms with Gasteiger partial charge >= 0.3 is 0 Å². The molecule has 2 heterocycles. The number of aliphatic hydroxyl groups excluding tert-OH is 1. The minimum Gasteiger partial charge on any atom is -0.507 e. The molecular weight excluding hydrogens is 418 g/mol. The molecule has 1 unspecified atom stereocenters. The van der Waals surface area contributed by atoms with Crippen LogP contribution in [0.5, 0.6) is 5.75 Å². The molecule has 1 fully saturated rings. The first-order valence-corrected chi connectivity index (χ1v) is 11.0. The Hall–Kier alpha value is -3.87. The van der Waals surface area contributed by atoms with E-state index in [9.17, 15) is 14.7 Å². The number of imidazole rings is 1. The summed E-state index contributed by atoms with van der Waals surface area (Å²) in [5, 5.41) is 11.2. The van der Waals surface area contributed by atoms with Gasteiger partial charge in [0.05, 0.1) is 24.5 Å². The zero-order valence-corrected chi connectivity index (χ0v) is 18.8. The highest BCUT2D eigenvalue weighted by Crippen LogP contribution is 2.39. The standard InChI is InChI=1S/C26H27N3O4/c1-3-33-21-7-4-6-20(16-21)24(30)22-23(19-10-8-18(2)9-11-19)29(26(32)25(22)31)14-5-13-28-15-12-27-17-28/h4,6-12,15-17,23,30H,3,5,13-14H2,1-2H3. The maximum absolute atomic E-state index is 13.1. The van der Waals surface area contributed by atoms with Crippen molar-refractivity contribution >= 4 is 17.4 Å². The summed E-state index contributed by atoms with van der Waals surface area (Å²) < 4.78 is 7.47. The molecule has 2 aromatic carbocycles. The predicted octanol–water partition coefficient (Wildman–Crippen LogP) is 4.10. The summed E-state index contributed by atoms with van der Waals surface area (Å²) in [5.41, 5.74) is 2.39. The topological polar surface area (TPSA) is 84.7 Å². The number of carbonyl (C=O) groups excluding carboxylic acids is 2. The van der Waals surface area contributed by atoms with Crippen molar-refractivity contribution in [3.63, 3.8) is 0 Å². The number of aryl methyl sites for hydroxylation is 2. The average molecular weight is 446 g/mol. The Bertz CT molecular complexity index is 1170. The van der Waals surface area contributed by atoms with Gasteiger partial charge in [0, 0.05) is 31.0 Å². The van der Waals surface area contributed by atoms with Gasteiger partial charge < -0.3 is 19.3 Å². The minimum absolute atomic E-state index is 0.0973. The maximum atomic E-state index is 13.1. The van der Waals surface area contributed by atoms with Gasteiger partial charge in [-0.3, -0.25) is 9.59 Å². The van der Waals surface area contributed by atoms with Crippen LogP contribution in [-0.2, 0) is 16.1 Å². The van der Waals surface area contributed by atoms with Gasteiger partial charge in [-0.25, -0.2) is 4.98 Å². The smallest absolute Gasteiger partial charge is 0.295 e. The third-order valence-corrected chi connectivity index (χ3v) is 5.73. The van der Waals surface area contributed by atoms with Crippen LogP contribution in [0.4, 0.5) is 0 Å². The number of carbonyl (C=O) groups is 2. The molecule has 1 saturated heterocycles. The van der Waals surface area contributed by atoms with Gasteiger partial charge in [0.1, 0.15) is 11.5 Å². The first-order valence-electron chi connectivity index (χ1n) is 11.0. The van der Waals surface area contributed by atoms with Crippen LogP contribution in [0.2, 0.25) is 0 Å². The van der Waals surface area contributed by atoms with Crippen LogP contribution < -0.4 is 4.74 Å². The van der Waals surface area contributed by atoms with E-state index in [1.165, 1.54) is 0 Å². The highest BCUT2D eigenvalue weighted by Gasteiger charge is 2.45. The van der Waals surface area contributed by atoms with Gasteiger partial charge in [-0.1, -0.05) is 42.0 Å². The molecule has 0 bridgehead atoms. The Morgan fingerprint density at radius 2 is 1.91 bits per heavy atom. The Morgan fingerprint density at radius 1 is 1.12 bits per heavy atom. The van der Waals surface area contributed by atoms with E-state index in [-0.39, 0.29) is 11.3 Å². The normalized spacial score (nSPS) is 17.5. The van der Waals surface area contributed by atoms with Crippen LogP contribution in [-0.4, -0.2) is 44.4 Å². The third kappa shape index (κ3) is 4.67. The molecule has 7 nitrogen and oxygen atoms in total. The molecule has 1 aliphatic heterocycles. The Balaban J connectivity index is 1.73. The van der Waals surface area contributed by atoms with E-state index in [1.54, 1.807) is 41.7 Å². The number of rotatable bonds is 8. The molecule has 1 N–H and O–H groups in total. The van der Waals surface area contributed by atoms with Crippen molar-refractivity contribution in [2.45, 2.75) is 32.9 Å². The molecule has 1 aromatic heterocycles. The average Bonchev–Trinajstić information content (AvgIpc) is 3.42. The number of hydrogen-bond acceptors (Lipinski definition) is 5. The second-order valence-corrected chi connectivity index (χ2v) is 8.02. The van der Waals surface area contributed by atoms with E-state index in [1.807, 2.05) is 48.9 Å². The molecule has 0 spiro atoms. The fourth-order valence-electron chi connectivity index (χ4n) is 4.10. The van der Waals surface area contributed by atoms with E-state index < -0.39 is 17.7 Å². The van der Waals surface area contributed by atoms with Crippen molar-refractivity contribution in [3.8, 4) is 5.75 Å². The van der Waals surface area contributed by atoms with Crippen molar-refractivity contribution in [2.75, 3.05) is 13.2 Å². The lowest BCUT2D eigenvalue weighted by atomic mass is 9.94. The van der Waals surface area contributed by atoms with E-state index in [0.717, 1.165) is 11.1 Å². The SMILES string of the molecule is CCOc1cccc(C(O)=C2C(=O)C(=O)N(CCCn3ccnc3)C2c2ccc(C)cc2)c1. The molecule has 33 heavy (non-hydrogen) atoms. The quantitative estimate of drug-likeness (QED) is 0.321. The summed E-state index contributed by atoms with van der Waals surface area (Å²) in [6, 6.07) is 13.9. The lowest BCUT2D eigenvalue weighted by Gasteiger charge is -2.25. The van der Waals surface area contributed by atoms with Gasteiger partial charge in [-0.05, 0) is 38.0 Å². The number of aromatic nitrogens is 2. The largest absolute Gasteiger partial charge is 0.507 e. The van der Waals surface area contributed by atoms with Crippen LogP contribution in [0.25, 0.3) is 5.76 Å². The molecule has 3 aromatic rings. The Kier molecular flexibility index (Phi) is 6.58. The summed E-state index contributed by atoms with van der Waals surface area (Å²) in [6.07, 6.45) is 5.92. The Labute approximate surface area is 192 Å². The summed E-state index contributed by atoms with van der Waals surface area (Å²) in [7, 11) is 0. The number of nitrogens with zero attached hydrogens (tertiary/aromatic N) is 3. The maximum Gasteiger partial charge on any atom is 0.295 e. The van der Waals surface area contributed by atoms with Crippen molar-refractivity contribution in [2.24, 2.45) is 0 Å². The van der Waals surface area contributed by atoms with Gasteiger partial charge in [0.25, 0.3) is 11.7 Å². The van der Waals surface area contributed by atoms with Gasteiger partial charge in [-0.2, -0.15) is 0 Å². The molecule has 7 heteroatoms. The summed E-state index contributed by atoms with van der Waals surface area (Å²) in [4.78, 5) is 31.8. The number of likely N-dealkylation sites (tertiary alicyclic amines) is 1. The monoisotopic (exact) mass is 445 g/mol. The number of amides is 1. The predicted molar refractivity (Wildman–Crippen MR) is 125 cm³/mol. The number of ether oxygens (including phenoxy) is 1. The highest BCUT2D eigenvalue weighted by atomic mass is 16.5. The molecule has 1 amide bonds. The molecular formula is C26H27N3O4. The van der Waals surface area contributed by atoms with E-state index in [4.69, 9.17) is 4.74 Å². The Morgan fingerprint density at radius 3 is 2.61 bits per heavy atom. The molecule has 170 valence electrons. The van der Waals surface area contributed by atoms with E-state index in [2.05, 4.69) is 4.98 Å². The number of hydrogen-bond donors (Lipinski definition) is 1. The lowest BCUT2D eigenvalue weighted by molar-refractivity contribution is -0.139. The number of benzene rings is 2. The van der Waals surface area contributed by atoms with Crippen molar-refractivity contribution < 1.29 is 19.4 Å².